The lowest BCUT2D eigenvalue weighted by molar-refractivity contribution is 1.13. The number of nitrogens with zero attached hydrogens (tertiary/aromatic N) is 1. The van der Waals surface area contributed by atoms with Gasteiger partial charge in [-0.25, -0.2) is 4.98 Å². The molecule has 0 amide bonds. The smallest absolute Gasteiger partial charge is 0.251 e. The maximum atomic E-state index is 11.1. The number of benzene rings is 1. The lowest BCUT2D eigenvalue weighted by Gasteiger charge is -2.05. The van der Waals surface area contributed by atoms with Crippen LogP contribution in [0, 0.1) is 6.92 Å². The molecule has 0 saturated carbocycles. The summed E-state index contributed by atoms with van der Waals surface area (Å²) in [6.07, 6.45) is 1.47. The van der Waals surface area contributed by atoms with Crippen LogP contribution in [-0.4, -0.2) is 9.97 Å². The van der Waals surface area contributed by atoms with Gasteiger partial charge in [-0.3, -0.25) is 4.79 Å². The fourth-order valence-corrected chi connectivity index (χ4v) is 1.38. The van der Waals surface area contributed by atoms with Crippen LogP contribution in [0.3, 0.4) is 0 Å². The Balaban J connectivity index is 2.63. The summed E-state index contributed by atoms with van der Waals surface area (Å²) in [5, 5.41) is 0. The van der Waals surface area contributed by atoms with E-state index in [1.807, 2.05) is 19.1 Å². The third-order valence-electron chi connectivity index (χ3n) is 2.14. The second-order valence-corrected chi connectivity index (χ2v) is 3.37. The second-order valence-electron chi connectivity index (χ2n) is 3.37. The first-order valence-corrected chi connectivity index (χ1v) is 4.58. The molecule has 1 heterocycles. The van der Waals surface area contributed by atoms with Crippen molar-refractivity contribution >= 4 is 5.69 Å². The van der Waals surface area contributed by atoms with E-state index in [-0.39, 0.29) is 5.56 Å². The number of anilines is 1. The third-order valence-corrected chi connectivity index (χ3v) is 2.14. The molecular weight excluding hydrogens is 190 g/mol. The first-order chi connectivity index (χ1) is 7.16. The Morgan fingerprint density at radius 1 is 1.33 bits per heavy atom. The van der Waals surface area contributed by atoms with Crippen LogP contribution in [0.2, 0.25) is 0 Å². The third kappa shape index (κ3) is 1.88. The Hall–Kier alpha value is -2.10. The lowest BCUT2D eigenvalue weighted by Crippen LogP contribution is -2.06. The Morgan fingerprint density at radius 2 is 2.13 bits per heavy atom. The molecule has 0 unspecified atom stereocenters. The van der Waals surface area contributed by atoms with Crippen LogP contribution in [0.15, 0.2) is 35.3 Å². The van der Waals surface area contributed by atoms with Crippen molar-refractivity contribution in [2.75, 3.05) is 5.73 Å². The van der Waals surface area contributed by atoms with Crippen molar-refractivity contribution in [1.29, 1.82) is 0 Å². The van der Waals surface area contributed by atoms with E-state index in [1.165, 1.54) is 12.3 Å². The van der Waals surface area contributed by atoms with Crippen molar-refractivity contribution in [3.05, 3.63) is 46.4 Å². The molecule has 0 atom stereocenters. The van der Waals surface area contributed by atoms with Crippen LogP contribution in [0.25, 0.3) is 11.4 Å². The van der Waals surface area contributed by atoms with E-state index in [9.17, 15) is 4.79 Å². The summed E-state index contributed by atoms with van der Waals surface area (Å²) in [5.74, 6) is 0.503. The first-order valence-electron chi connectivity index (χ1n) is 4.58. The SMILES string of the molecule is Cc1ccc(N)c(-c2nccc(=O)[nH]2)c1. The zero-order chi connectivity index (χ0) is 10.8. The minimum Gasteiger partial charge on any atom is -0.398 e. The van der Waals surface area contributed by atoms with E-state index >= 15 is 0 Å². The molecule has 0 spiro atoms. The Labute approximate surface area is 86.8 Å². The predicted octanol–water partition coefficient (Wildman–Crippen LogP) is 1.33. The highest BCUT2D eigenvalue weighted by atomic mass is 16.1. The van der Waals surface area contributed by atoms with Crippen LogP contribution < -0.4 is 11.3 Å². The fourth-order valence-electron chi connectivity index (χ4n) is 1.38. The number of H-pyrrole nitrogens is 1. The average molecular weight is 201 g/mol. The van der Waals surface area contributed by atoms with Gasteiger partial charge in [0.1, 0.15) is 5.82 Å². The predicted molar refractivity (Wildman–Crippen MR) is 59.4 cm³/mol. The van der Waals surface area contributed by atoms with E-state index in [0.29, 0.717) is 11.5 Å². The minimum absolute atomic E-state index is 0.180. The summed E-state index contributed by atoms with van der Waals surface area (Å²) in [4.78, 5) is 17.8. The molecule has 76 valence electrons. The summed E-state index contributed by atoms with van der Waals surface area (Å²) >= 11 is 0. The molecule has 0 fully saturated rings. The first kappa shape index (κ1) is 9.45. The van der Waals surface area contributed by atoms with Gasteiger partial charge in [0.25, 0.3) is 5.56 Å². The number of aromatic nitrogens is 2. The van der Waals surface area contributed by atoms with Crippen LogP contribution in [0.5, 0.6) is 0 Å². The molecule has 0 aliphatic rings. The molecule has 2 aromatic rings. The highest BCUT2D eigenvalue weighted by molar-refractivity contribution is 5.71. The van der Waals surface area contributed by atoms with E-state index in [2.05, 4.69) is 9.97 Å². The van der Waals surface area contributed by atoms with E-state index < -0.39 is 0 Å². The standard InChI is InChI=1S/C11H11N3O/c1-7-2-3-9(12)8(6-7)11-13-5-4-10(15)14-11/h2-6H,12H2,1H3,(H,13,14,15). The van der Waals surface area contributed by atoms with Gasteiger partial charge in [-0.15, -0.1) is 0 Å². The summed E-state index contributed by atoms with van der Waals surface area (Å²) in [5.41, 5.74) is 8.07. The van der Waals surface area contributed by atoms with Crippen LogP contribution in [0.1, 0.15) is 5.56 Å². The van der Waals surface area contributed by atoms with Crippen molar-refractivity contribution in [1.82, 2.24) is 9.97 Å². The molecule has 3 N–H and O–H groups in total. The summed E-state index contributed by atoms with van der Waals surface area (Å²) < 4.78 is 0. The highest BCUT2D eigenvalue weighted by Crippen LogP contribution is 2.22. The normalized spacial score (nSPS) is 10.2. The number of nitrogens with two attached hydrogens (primary N) is 1. The summed E-state index contributed by atoms with van der Waals surface area (Å²) in [6.45, 7) is 1.96. The number of aromatic amines is 1. The van der Waals surface area contributed by atoms with Crippen LogP contribution in [0.4, 0.5) is 5.69 Å². The van der Waals surface area contributed by atoms with E-state index in [4.69, 9.17) is 5.73 Å². The zero-order valence-corrected chi connectivity index (χ0v) is 8.32. The number of hydrogen-bond acceptors (Lipinski definition) is 3. The largest absolute Gasteiger partial charge is 0.398 e. The molecular formula is C11H11N3O. The van der Waals surface area contributed by atoms with Crippen molar-refractivity contribution in [2.24, 2.45) is 0 Å². The lowest BCUT2D eigenvalue weighted by atomic mass is 10.1. The Bertz CT molecular complexity index is 546. The summed E-state index contributed by atoms with van der Waals surface area (Å²) in [7, 11) is 0. The molecule has 0 saturated heterocycles. The highest BCUT2D eigenvalue weighted by Gasteiger charge is 2.04. The molecule has 0 radical (unpaired) electrons. The molecule has 2 rings (SSSR count). The molecule has 15 heavy (non-hydrogen) atoms. The molecule has 1 aromatic heterocycles. The van der Waals surface area contributed by atoms with E-state index in [0.717, 1.165) is 11.1 Å². The van der Waals surface area contributed by atoms with Crippen molar-refractivity contribution < 1.29 is 0 Å². The zero-order valence-electron chi connectivity index (χ0n) is 8.32. The number of rotatable bonds is 1. The van der Waals surface area contributed by atoms with Gasteiger partial charge in [0.2, 0.25) is 0 Å². The maximum absolute atomic E-state index is 11.1. The number of nitrogens with one attached hydrogen (secondary N) is 1. The second kappa shape index (κ2) is 3.57. The van der Waals surface area contributed by atoms with Crippen molar-refractivity contribution in [3.8, 4) is 11.4 Å². The number of aryl methyl sites for hydroxylation is 1. The van der Waals surface area contributed by atoms with Gasteiger partial charge in [-0.05, 0) is 19.1 Å². The van der Waals surface area contributed by atoms with E-state index in [1.54, 1.807) is 6.07 Å². The Morgan fingerprint density at radius 3 is 2.87 bits per heavy atom. The maximum Gasteiger partial charge on any atom is 0.251 e. The quantitative estimate of drug-likeness (QED) is 0.683. The minimum atomic E-state index is -0.180. The molecule has 0 bridgehead atoms. The topological polar surface area (TPSA) is 71.8 Å². The van der Waals surface area contributed by atoms with Gasteiger partial charge >= 0.3 is 0 Å². The van der Waals surface area contributed by atoms with Gasteiger partial charge in [-0.1, -0.05) is 11.6 Å². The van der Waals surface area contributed by atoms with Crippen LogP contribution >= 0.6 is 0 Å². The monoisotopic (exact) mass is 201 g/mol. The average Bonchev–Trinajstić information content (AvgIpc) is 2.22. The molecule has 4 nitrogen and oxygen atoms in total. The van der Waals surface area contributed by atoms with Gasteiger partial charge in [0.15, 0.2) is 0 Å². The van der Waals surface area contributed by atoms with Gasteiger partial charge in [0.05, 0.1) is 0 Å². The fraction of sp³-hybridized carbons (Fsp3) is 0.0909. The molecule has 0 aliphatic carbocycles. The van der Waals surface area contributed by atoms with Gasteiger partial charge < -0.3 is 10.7 Å². The van der Waals surface area contributed by atoms with Gasteiger partial charge in [-0.2, -0.15) is 0 Å². The Kier molecular flexibility index (Phi) is 2.25. The van der Waals surface area contributed by atoms with Crippen LogP contribution in [-0.2, 0) is 0 Å². The number of hydrogen-bond donors (Lipinski definition) is 2. The van der Waals surface area contributed by atoms with Crippen molar-refractivity contribution in [3.63, 3.8) is 0 Å². The number of nitrogen functional groups attached to an aromatic ring is 1. The van der Waals surface area contributed by atoms with Gasteiger partial charge in [0, 0.05) is 23.5 Å². The molecule has 4 heteroatoms. The summed E-state index contributed by atoms with van der Waals surface area (Å²) in [6, 6.07) is 6.99. The molecule has 0 aliphatic heterocycles. The molecule has 1 aromatic carbocycles. The van der Waals surface area contributed by atoms with Crippen molar-refractivity contribution in [2.45, 2.75) is 6.92 Å².